The molecule has 0 spiro atoms. The van der Waals surface area contributed by atoms with Crippen molar-refractivity contribution in [1.82, 2.24) is 24.9 Å². The van der Waals surface area contributed by atoms with Crippen molar-refractivity contribution in [1.29, 1.82) is 0 Å². The molecule has 1 amide bonds. The van der Waals surface area contributed by atoms with Crippen molar-refractivity contribution in [2.75, 3.05) is 0 Å². The molecule has 1 aliphatic carbocycles. The van der Waals surface area contributed by atoms with E-state index in [4.69, 9.17) is 11.6 Å². The smallest absolute Gasteiger partial charge is 0.347 e. The van der Waals surface area contributed by atoms with Gasteiger partial charge in [-0.2, -0.15) is 45.3 Å². The first-order chi connectivity index (χ1) is 15.9. The van der Waals surface area contributed by atoms with E-state index < -0.39 is 41.3 Å². The molecule has 0 aliphatic heterocycles. The number of thiophene rings is 1. The molecule has 6 nitrogen and oxygen atoms in total. The normalized spacial score (nSPS) is 16.0. The molecule has 0 aromatic carbocycles. The number of hydrogen-bond acceptors (Lipinski definition) is 4. The summed E-state index contributed by atoms with van der Waals surface area (Å²) in [5.74, 6) is -7.47. The van der Waals surface area contributed by atoms with Gasteiger partial charge in [0, 0.05) is 29.2 Å². The molecule has 3 aromatic heterocycles. The van der Waals surface area contributed by atoms with E-state index in [1.165, 1.54) is 6.07 Å². The molecule has 35 heavy (non-hydrogen) atoms. The summed E-state index contributed by atoms with van der Waals surface area (Å²) in [6.45, 7) is 1.85. The van der Waals surface area contributed by atoms with Crippen LogP contribution in [0.15, 0.2) is 18.5 Å². The van der Waals surface area contributed by atoms with Gasteiger partial charge >= 0.3 is 18.3 Å². The maximum atomic E-state index is 13.9. The maximum Gasteiger partial charge on any atom is 0.459 e. The molecule has 0 bridgehead atoms. The lowest BCUT2D eigenvalue weighted by molar-refractivity contribution is -0.292. The van der Waals surface area contributed by atoms with Gasteiger partial charge < -0.3 is 5.32 Å². The SMILES string of the molecule is Cn1nc(C(F)(F)C(F)(F)F)c(C(F)(F)F)c1-n1cc(-c2cc(C(=O)NC3(C)CC3)c(Cl)s2)cn1. The number of nitrogens with one attached hydrogen (secondary N) is 1. The van der Waals surface area contributed by atoms with E-state index in [1.807, 2.05) is 6.92 Å². The number of amides is 1. The van der Waals surface area contributed by atoms with Gasteiger partial charge in [-0.1, -0.05) is 11.6 Å². The summed E-state index contributed by atoms with van der Waals surface area (Å²) in [6.07, 6.45) is -8.30. The van der Waals surface area contributed by atoms with E-state index in [0.29, 0.717) is 9.56 Å². The Morgan fingerprint density at radius 2 is 1.80 bits per heavy atom. The third-order valence-corrected chi connectivity index (χ3v) is 6.79. The molecule has 1 saturated carbocycles. The van der Waals surface area contributed by atoms with Crippen molar-refractivity contribution in [3.8, 4) is 16.3 Å². The van der Waals surface area contributed by atoms with Crippen molar-refractivity contribution in [3.63, 3.8) is 0 Å². The zero-order valence-corrected chi connectivity index (χ0v) is 19.2. The lowest BCUT2D eigenvalue weighted by Crippen LogP contribution is -2.36. The molecule has 3 aromatic rings. The lowest BCUT2D eigenvalue weighted by Gasteiger charge is -2.19. The predicted octanol–water partition coefficient (Wildman–Crippen LogP) is 5.94. The topological polar surface area (TPSA) is 64.7 Å². The largest absolute Gasteiger partial charge is 0.459 e. The number of carbonyl (C=O) groups is 1. The Labute approximate surface area is 200 Å². The van der Waals surface area contributed by atoms with Gasteiger partial charge in [-0.25, -0.2) is 9.36 Å². The Morgan fingerprint density at radius 3 is 2.34 bits per heavy atom. The van der Waals surface area contributed by atoms with Crippen LogP contribution in [0.1, 0.15) is 41.4 Å². The Morgan fingerprint density at radius 1 is 1.17 bits per heavy atom. The number of carbonyl (C=O) groups excluding carboxylic acids is 1. The third-order valence-electron chi connectivity index (χ3n) is 5.38. The van der Waals surface area contributed by atoms with Gasteiger partial charge in [-0.3, -0.25) is 4.79 Å². The minimum Gasteiger partial charge on any atom is -0.347 e. The van der Waals surface area contributed by atoms with Crippen molar-refractivity contribution in [2.24, 2.45) is 7.05 Å². The highest BCUT2D eigenvalue weighted by Gasteiger charge is 2.64. The zero-order valence-electron chi connectivity index (χ0n) is 17.7. The number of aryl methyl sites for hydroxylation is 1. The summed E-state index contributed by atoms with van der Waals surface area (Å²) < 4.78 is 108. The van der Waals surface area contributed by atoms with Crippen LogP contribution >= 0.6 is 22.9 Å². The minimum atomic E-state index is -6.31. The number of nitrogens with zero attached hydrogens (tertiary/aromatic N) is 4. The molecule has 190 valence electrons. The van der Waals surface area contributed by atoms with Gasteiger partial charge in [0.1, 0.15) is 9.90 Å². The molecule has 1 N–H and O–H groups in total. The summed E-state index contributed by atoms with van der Waals surface area (Å²) in [5.41, 5.74) is -4.84. The predicted molar refractivity (Wildman–Crippen MR) is 109 cm³/mol. The van der Waals surface area contributed by atoms with E-state index in [2.05, 4.69) is 15.5 Å². The van der Waals surface area contributed by atoms with Gasteiger partial charge in [0.15, 0.2) is 11.5 Å². The van der Waals surface area contributed by atoms with Crippen LogP contribution in [-0.4, -0.2) is 37.2 Å². The summed E-state index contributed by atoms with van der Waals surface area (Å²) in [5, 5.41) is 9.36. The first kappa shape index (κ1) is 25.4. The third kappa shape index (κ3) is 4.50. The number of aromatic nitrogens is 4. The first-order valence-electron chi connectivity index (χ1n) is 9.71. The molecule has 1 aliphatic rings. The van der Waals surface area contributed by atoms with Crippen LogP contribution < -0.4 is 5.32 Å². The Kier molecular flexibility index (Phi) is 5.75. The van der Waals surface area contributed by atoms with Crippen molar-refractivity contribution < 1.29 is 39.9 Å². The van der Waals surface area contributed by atoms with Crippen LogP contribution in [0.4, 0.5) is 35.1 Å². The number of alkyl halides is 8. The number of hydrogen-bond donors (Lipinski definition) is 1. The molecule has 4 rings (SSSR count). The average Bonchev–Trinajstić information content (AvgIpc) is 3.10. The molecule has 16 heteroatoms. The van der Waals surface area contributed by atoms with Crippen LogP contribution in [0.3, 0.4) is 0 Å². The molecular formula is C19H14ClF8N5OS. The maximum absolute atomic E-state index is 13.9. The summed E-state index contributed by atoms with van der Waals surface area (Å²) in [6, 6.07) is 1.38. The van der Waals surface area contributed by atoms with Crippen LogP contribution in [0.25, 0.3) is 16.3 Å². The highest BCUT2D eigenvalue weighted by Crippen LogP contribution is 2.49. The molecule has 0 atom stereocenters. The van der Waals surface area contributed by atoms with Gasteiger partial charge in [0.2, 0.25) is 0 Å². The fourth-order valence-corrected chi connectivity index (χ4v) is 4.52. The van der Waals surface area contributed by atoms with Crippen LogP contribution in [0.5, 0.6) is 0 Å². The molecule has 3 heterocycles. The monoisotopic (exact) mass is 547 g/mol. The second kappa shape index (κ2) is 7.91. The van der Waals surface area contributed by atoms with Gasteiger partial charge in [-0.05, 0) is 25.8 Å². The second-order valence-electron chi connectivity index (χ2n) is 8.23. The highest BCUT2D eigenvalue weighted by atomic mass is 35.5. The Bertz CT molecular complexity index is 1300. The summed E-state index contributed by atoms with van der Waals surface area (Å²) in [7, 11) is 0.783. The lowest BCUT2D eigenvalue weighted by atomic mass is 10.1. The Balaban J connectivity index is 1.75. The van der Waals surface area contributed by atoms with Crippen LogP contribution in [0.2, 0.25) is 4.34 Å². The molecule has 1 fully saturated rings. The van der Waals surface area contributed by atoms with E-state index >= 15 is 0 Å². The van der Waals surface area contributed by atoms with Crippen molar-refractivity contribution >= 4 is 28.8 Å². The first-order valence-corrected chi connectivity index (χ1v) is 10.9. The summed E-state index contributed by atoms with van der Waals surface area (Å²) in [4.78, 5) is 12.8. The van der Waals surface area contributed by atoms with E-state index in [0.717, 1.165) is 43.6 Å². The van der Waals surface area contributed by atoms with Crippen LogP contribution in [0, 0.1) is 0 Å². The minimum absolute atomic E-state index is 0.0955. The molecule has 0 unspecified atom stereocenters. The molecule has 0 saturated heterocycles. The zero-order chi connectivity index (χ0) is 26.1. The summed E-state index contributed by atoms with van der Waals surface area (Å²) >= 11 is 7.06. The number of rotatable bonds is 5. The Hall–Kier alpha value is -2.68. The quantitative estimate of drug-likeness (QED) is 0.402. The molecule has 0 radical (unpaired) electrons. The average molecular weight is 548 g/mol. The van der Waals surface area contributed by atoms with Gasteiger partial charge in [0.05, 0.1) is 11.8 Å². The fourth-order valence-electron chi connectivity index (χ4n) is 3.28. The van der Waals surface area contributed by atoms with Crippen molar-refractivity contribution in [3.05, 3.63) is 39.6 Å². The van der Waals surface area contributed by atoms with E-state index in [1.54, 1.807) is 0 Å². The van der Waals surface area contributed by atoms with Gasteiger partial charge in [-0.15, -0.1) is 11.3 Å². The van der Waals surface area contributed by atoms with Crippen LogP contribution in [-0.2, 0) is 19.1 Å². The number of halogens is 9. The van der Waals surface area contributed by atoms with E-state index in [-0.39, 0.29) is 25.7 Å². The molecular weight excluding hydrogens is 534 g/mol. The standard InChI is InChI=1S/C19H14ClF8N5OS/c1-16(3-4-16)30-14(34)9-5-10(35-13(9)20)8-6-29-33(7-8)15-11(18(23,24)25)12(31-32(15)2)17(21,22)19(26,27)28/h5-7H,3-4H2,1-2H3,(H,30,34). The second-order valence-corrected chi connectivity index (χ2v) is 9.88. The van der Waals surface area contributed by atoms with Gasteiger partial charge in [0.25, 0.3) is 5.91 Å². The fraction of sp³-hybridized carbons (Fsp3) is 0.421. The van der Waals surface area contributed by atoms with Crippen molar-refractivity contribution in [2.45, 2.75) is 43.6 Å². The van der Waals surface area contributed by atoms with E-state index in [9.17, 15) is 39.9 Å². The highest BCUT2D eigenvalue weighted by molar-refractivity contribution is 7.19.